The first-order valence-electron chi connectivity index (χ1n) is 12.4. The monoisotopic (exact) mass is 451 g/mol. The van der Waals surface area contributed by atoms with Crippen molar-refractivity contribution in [3.05, 3.63) is 59.2 Å². The third kappa shape index (κ3) is 6.97. The highest BCUT2D eigenvalue weighted by Crippen LogP contribution is 2.30. The fourth-order valence-electron chi connectivity index (χ4n) is 4.77. The number of ether oxygens (including phenoxy) is 2. The van der Waals surface area contributed by atoms with Crippen LogP contribution in [0.5, 0.6) is 11.5 Å². The Balaban J connectivity index is 1.30. The number of aliphatic hydroxyl groups is 1. The number of hydrogen-bond donors (Lipinski definition) is 2. The summed E-state index contributed by atoms with van der Waals surface area (Å²) in [5.74, 6) is 2.28. The van der Waals surface area contributed by atoms with E-state index in [1.807, 2.05) is 0 Å². The van der Waals surface area contributed by atoms with Crippen molar-refractivity contribution >= 4 is 5.91 Å². The highest BCUT2D eigenvalue weighted by Gasteiger charge is 2.23. The highest BCUT2D eigenvalue weighted by molar-refractivity contribution is 5.94. The topological polar surface area (TPSA) is 67.8 Å². The van der Waals surface area contributed by atoms with Crippen LogP contribution in [0.2, 0.25) is 0 Å². The lowest BCUT2D eigenvalue weighted by Gasteiger charge is -2.27. The molecule has 0 aromatic heterocycles. The highest BCUT2D eigenvalue weighted by atomic mass is 16.5. The Bertz CT molecular complexity index is 924. The lowest BCUT2D eigenvalue weighted by Crippen LogP contribution is -2.42. The zero-order valence-corrected chi connectivity index (χ0v) is 19.9. The predicted octanol–water partition coefficient (Wildman–Crippen LogP) is 5.08. The molecule has 1 amide bonds. The van der Waals surface area contributed by atoms with E-state index < -0.39 is 5.60 Å². The van der Waals surface area contributed by atoms with Gasteiger partial charge in [-0.15, -0.1) is 0 Å². The van der Waals surface area contributed by atoms with Crippen LogP contribution < -0.4 is 14.8 Å². The third-order valence-electron chi connectivity index (χ3n) is 6.58. The van der Waals surface area contributed by atoms with Crippen LogP contribution in [0.25, 0.3) is 0 Å². The van der Waals surface area contributed by atoms with Crippen molar-refractivity contribution in [2.45, 2.75) is 76.9 Å². The summed E-state index contributed by atoms with van der Waals surface area (Å²) < 4.78 is 11.6. The van der Waals surface area contributed by atoms with Crippen molar-refractivity contribution in [2.75, 3.05) is 13.2 Å². The molecule has 178 valence electrons. The minimum Gasteiger partial charge on any atom is -0.491 e. The standard InChI is InChI=1S/C28H37NO4/c1-28(2,31)19-33-25-13-11-22(12-14-25)27(30)29-24-17-23-10-9-21(16-26(23)32-18-24)15-20-7-5-3-4-6-8-20/h9-14,16,20,24,31H,3-8,15,17-19H2,1-2H3,(H,29,30)/t24-/m1/s1. The van der Waals surface area contributed by atoms with Crippen LogP contribution in [0, 0.1) is 5.92 Å². The molecule has 0 bridgehead atoms. The summed E-state index contributed by atoms with van der Waals surface area (Å²) in [4.78, 5) is 12.7. The summed E-state index contributed by atoms with van der Waals surface area (Å²) in [7, 11) is 0. The molecule has 0 unspecified atom stereocenters. The molecule has 2 aromatic carbocycles. The maximum Gasteiger partial charge on any atom is 0.251 e. The van der Waals surface area contributed by atoms with E-state index in [9.17, 15) is 9.90 Å². The molecule has 33 heavy (non-hydrogen) atoms. The summed E-state index contributed by atoms with van der Waals surface area (Å²) in [5.41, 5.74) is 2.21. The molecule has 2 aliphatic rings. The summed E-state index contributed by atoms with van der Waals surface area (Å²) in [5, 5.41) is 12.9. The minimum absolute atomic E-state index is 0.0520. The molecular weight excluding hydrogens is 414 g/mol. The molecule has 0 radical (unpaired) electrons. The Hall–Kier alpha value is -2.53. The predicted molar refractivity (Wildman–Crippen MR) is 130 cm³/mol. The Labute approximate surface area is 197 Å². The number of nitrogens with one attached hydrogen (secondary N) is 1. The molecule has 1 aliphatic carbocycles. The second kappa shape index (κ2) is 10.6. The maximum atomic E-state index is 12.7. The zero-order valence-electron chi connectivity index (χ0n) is 19.9. The van der Waals surface area contributed by atoms with Crippen LogP contribution in [0.4, 0.5) is 0 Å². The fraction of sp³-hybridized carbons (Fsp3) is 0.536. The van der Waals surface area contributed by atoms with Crippen molar-refractivity contribution in [1.29, 1.82) is 0 Å². The number of carbonyl (C=O) groups excluding carboxylic acids is 1. The summed E-state index contributed by atoms with van der Waals surface area (Å²) >= 11 is 0. The molecule has 1 heterocycles. The van der Waals surface area contributed by atoms with E-state index in [1.54, 1.807) is 38.1 Å². The number of hydrogen-bond acceptors (Lipinski definition) is 4. The molecule has 5 heteroatoms. The van der Waals surface area contributed by atoms with Gasteiger partial charge in [0.25, 0.3) is 5.91 Å². The lowest BCUT2D eigenvalue weighted by atomic mass is 9.91. The Morgan fingerprint density at radius 2 is 1.82 bits per heavy atom. The lowest BCUT2D eigenvalue weighted by molar-refractivity contribution is 0.0284. The van der Waals surface area contributed by atoms with Gasteiger partial charge in [0, 0.05) is 5.56 Å². The Morgan fingerprint density at radius 3 is 2.52 bits per heavy atom. The number of rotatable bonds is 7. The van der Waals surface area contributed by atoms with Crippen molar-refractivity contribution < 1.29 is 19.4 Å². The second-order valence-corrected chi connectivity index (χ2v) is 10.3. The smallest absolute Gasteiger partial charge is 0.251 e. The van der Waals surface area contributed by atoms with E-state index in [1.165, 1.54) is 44.1 Å². The van der Waals surface area contributed by atoms with Crippen LogP contribution in [-0.2, 0) is 12.8 Å². The number of fused-ring (bicyclic) bond motifs is 1. The first kappa shape index (κ1) is 23.6. The van der Waals surface area contributed by atoms with E-state index in [0.29, 0.717) is 17.9 Å². The fourth-order valence-corrected chi connectivity index (χ4v) is 4.77. The van der Waals surface area contributed by atoms with Gasteiger partial charge in [0.05, 0.1) is 11.6 Å². The normalized spacial score (nSPS) is 19.2. The van der Waals surface area contributed by atoms with Gasteiger partial charge >= 0.3 is 0 Å². The minimum atomic E-state index is -0.899. The van der Waals surface area contributed by atoms with Crippen LogP contribution in [0.1, 0.15) is 73.9 Å². The molecular formula is C28H37NO4. The molecule has 5 nitrogen and oxygen atoms in total. The van der Waals surface area contributed by atoms with E-state index in [4.69, 9.17) is 9.47 Å². The third-order valence-corrected chi connectivity index (χ3v) is 6.58. The molecule has 0 saturated heterocycles. The van der Waals surface area contributed by atoms with Crippen molar-refractivity contribution in [1.82, 2.24) is 5.32 Å². The van der Waals surface area contributed by atoms with Crippen molar-refractivity contribution in [2.24, 2.45) is 5.92 Å². The SMILES string of the molecule is CC(C)(O)COc1ccc(C(=O)N[C@H]2COc3cc(CC4CCCCCC4)ccc3C2)cc1. The summed E-state index contributed by atoms with van der Waals surface area (Å²) in [6.07, 6.45) is 10.1. The van der Waals surface area contributed by atoms with Crippen molar-refractivity contribution in [3.63, 3.8) is 0 Å². The molecule has 0 spiro atoms. The zero-order chi connectivity index (χ0) is 23.3. The van der Waals surface area contributed by atoms with Gasteiger partial charge in [-0.1, -0.05) is 50.7 Å². The molecule has 1 aliphatic heterocycles. The first-order chi connectivity index (χ1) is 15.9. The Kier molecular flexibility index (Phi) is 7.59. The van der Waals surface area contributed by atoms with Crippen molar-refractivity contribution in [3.8, 4) is 11.5 Å². The largest absolute Gasteiger partial charge is 0.491 e. The number of carbonyl (C=O) groups is 1. The van der Waals surface area contributed by atoms with Gasteiger partial charge in [-0.3, -0.25) is 4.79 Å². The average Bonchev–Trinajstić information content (AvgIpc) is 3.06. The van der Waals surface area contributed by atoms with E-state index in [0.717, 1.165) is 30.1 Å². The molecule has 4 rings (SSSR count). The average molecular weight is 452 g/mol. The Morgan fingerprint density at radius 1 is 1.09 bits per heavy atom. The summed E-state index contributed by atoms with van der Waals surface area (Å²) in [6, 6.07) is 13.6. The van der Waals surface area contributed by atoms with Gasteiger partial charge in [-0.05, 0) is 74.1 Å². The number of benzene rings is 2. The molecule has 1 saturated carbocycles. The van der Waals surface area contributed by atoms with E-state index in [2.05, 4.69) is 23.5 Å². The van der Waals surface area contributed by atoms with Gasteiger partial charge in [0.15, 0.2) is 0 Å². The quantitative estimate of drug-likeness (QED) is 0.576. The van der Waals surface area contributed by atoms with E-state index in [-0.39, 0.29) is 18.6 Å². The maximum absolute atomic E-state index is 12.7. The van der Waals surface area contributed by atoms with Crippen LogP contribution >= 0.6 is 0 Å². The van der Waals surface area contributed by atoms with Gasteiger partial charge in [-0.2, -0.15) is 0 Å². The van der Waals surface area contributed by atoms with Crippen LogP contribution in [0.15, 0.2) is 42.5 Å². The second-order valence-electron chi connectivity index (χ2n) is 10.3. The van der Waals surface area contributed by atoms with Gasteiger partial charge in [-0.25, -0.2) is 0 Å². The van der Waals surface area contributed by atoms with Gasteiger partial charge in [0.2, 0.25) is 0 Å². The molecule has 2 aromatic rings. The molecule has 2 N–H and O–H groups in total. The number of amides is 1. The molecule has 1 fully saturated rings. The van der Waals surface area contributed by atoms with Gasteiger partial charge in [0.1, 0.15) is 24.7 Å². The van der Waals surface area contributed by atoms with Crippen LogP contribution in [-0.4, -0.2) is 35.9 Å². The molecule has 1 atom stereocenters. The van der Waals surface area contributed by atoms with E-state index >= 15 is 0 Å². The first-order valence-corrected chi connectivity index (χ1v) is 12.4. The van der Waals surface area contributed by atoms with Crippen LogP contribution in [0.3, 0.4) is 0 Å². The summed E-state index contributed by atoms with van der Waals surface area (Å²) in [6.45, 7) is 4.06. The van der Waals surface area contributed by atoms with Gasteiger partial charge < -0.3 is 19.9 Å².